The first-order valence-corrected chi connectivity index (χ1v) is 13.7. The van der Waals surface area contributed by atoms with Crippen molar-refractivity contribution in [2.24, 2.45) is 0 Å². The molecule has 3 amide bonds. The fourth-order valence-corrected chi connectivity index (χ4v) is 4.40. The summed E-state index contributed by atoms with van der Waals surface area (Å²) in [5.74, 6) is -0.0639. The molecule has 0 saturated heterocycles. The van der Waals surface area contributed by atoms with Crippen molar-refractivity contribution in [3.05, 3.63) is 94.8 Å². The van der Waals surface area contributed by atoms with Crippen LogP contribution in [0.1, 0.15) is 41.3 Å². The Balaban J connectivity index is 1.37. The second-order valence-electron chi connectivity index (χ2n) is 9.96. The number of hydrogen-bond acceptors (Lipinski definition) is 6. The Labute approximate surface area is 245 Å². The molecular weight excluding hydrogens is 530 g/mol. The summed E-state index contributed by atoms with van der Waals surface area (Å²) in [6, 6.07) is 16.6. The lowest BCUT2D eigenvalue weighted by molar-refractivity contribution is -0.122. The van der Waals surface area contributed by atoms with Gasteiger partial charge in [0.1, 0.15) is 17.9 Å². The van der Waals surface area contributed by atoms with Crippen molar-refractivity contribution < 1.29 is 19.1 Å². The summed E-state index contributed by atoms with van der Waals surface area (Å²) < 4.78 is 6.20. The minimum atomic E-state index is -0.386. The quantitative estimate of drug-likeness (QED) is 0.253. The number of amides is 3. The normalized spacial score (nSPS) is 11.0. The van der Waals surface area contributed by atoms with Crippen LogP contribution in [0.3, 0.4) is 0 Å². The van der Waals surface area contributed by atoms with Crippen molar-refractivity contribution in [3.63, 3.8) is 0 Å². The molecule has 0 bridgehead atoms. The number of fused-ring (bicyclic) bond motifs is 1. The SMILES string of the molecule is CCC(=O)Nc1ccc(C=CC(=O)NCC(=O)N(C)c2ccc(C)c(COc3cccc4ncc(C)nc34)c2C)cc1. The molecular formula is C33H35N5O4. The van der Waals surface area contributed by atoms with Gasteiger partial charge in [-0.25, -0.2) is 4.98 Å². The Morgan fingerprint density at radius 1 is 1.00 bits per heavy atom. The number of carbonyl (C=O) groups is 3. The average Bonchev–Trinajstić information content (AvgIpc) is 2.99. The highest BCUT2D eigenvalue weighted by Crippen LogP contribution is 2.28. The summed E-state index contributed by atoms with van der Waals surface area (Å²) >= 11 is 0. The van der Waals surface area contributed by atoms with Gasteiger partial charge in [0, 0.05) is 37.1 Å². The molecule has 42 heavy (non-hydrogen) atoms. The summed E-state index contributed by atoms with van der Waals surface area (Å²) in [5, 5.41) is 5.43. The minimum absolute atomic E-state index is 0.0657. The summed E-state index contributed by atoms with van der Waals surface area (Å²) in [4.78, 5) is 47.4. The molecule has 0 atom stereocenters. The van der Waals surface area contributed by atoms with Crippen LogP contribution < -0.4 is 20.3 Å². The van der Waals surface area contributed by atoms with Crippen molar-refractivity contribution in [2.75, 3.05) is 23.8 Å². The number of anilines is 2. The molecule has 0 fully saturated rings. The maximum atomic E-state index is 13.0. The molecule has 0 aliphatic heterocycles. The Bertz CT molecular complexity index is 1650. The molecule has 0 aliphatic carbocycles. The number of hydrogen-bond donors (Lipinski definition) is 2. The summed E-state index contributed by atoms with van der Waals surface area (Å²) in [5.41, 5.74) is 7.42. The van der Waals surface area contributed by atoms with Crippen LogP contribution in [0.2, 0.25) is 0 Å². The third kappa shape index (κ3) is 7.37. The zero-order valence-electron chi connectivity index (χ0n) is 24.5. The lowest BCUT2D eigenvalue weighted by Crippen LogP contribution is -2.38. The molecule has 9 heteroatoms. The van der Waals surface area contributed by atoms with Gasteiger partial charge in [-0.15, -0.1) is 0 Å². The van der Waals surface area contributed by atoms with E-state index in [4.69, 9.17) is 4.74 Å². The predicted molar refractivity (Wildman–Crippen MR) is 165 cm³/mol. The van der Waals surface area contributed by atoms with Crippen LogP contribution in [0.15, 0.2) is 66.9 Å². The lowest BCUT2D eigenvalue weighted by Gasteiger charge is -2.23. The summed E-state index contributed by atoms with van der Waals surface area (Å²) in [6.07, 6.45) is 5.15. The molecule has 2 N–H and O–H groups in total. The van der Waals surface area contributed by atoms with Crippen molar-refractivity contribution in [2.45, 2.75) is 40.7 Å². The largest absolute Gasteiger partial charge is 0.487 e. The highest BCUT2D eigenvalue weighted by Gasteiger charge is 2.17. The topological polar surface area (TPSA) is 114 Å². The third-order valence-electron chi connectivity index (χ3n) is 6.92. The van der Waals surface area contributed by atoms with Gasteiger partial charge in [0.05, 0.1) is 17.8 Å². The molecule has 3 aromatic carbocycles. The van der Waals surface area contributed by atoms with Gasteiger partial charge in [0.25, 0.3) is 0 Å². The van der Waals surface area contributed by atoms with E-state index in [9.17, 15) is 14.4 Å². The molecule has 216 valence electrons. The number of benzene rings is 3. The molecule has 4 aromatic rings. The smallest absolute Gasteiger partial charge is 0.246 e. The number of rotatable bonds is 10. The number of nitrogens with one attached hydrogen (secondary N) is 2. The van der Waals surface area contributed by atoms with Crippen molar-refractivity contribution in [3.8, 4) is 5.75 Å². The number of para-hydroxylation sites is 1. The van der Waals surface area contributed by atoms with Gasteiger partial charge in [-0.1, -0.05) is 31.2 Å². The van der Waals surface area contributed by atoms with E-state index in [1.807, 2.05) is 51.1 Å². The fraction of sp³-hybridized carbons (Fsp3) is 0.242. The Hall–Kier alpha value is -5.05. The second-order valence-corrected chi connectivity index (χ2v) is 9.96. The molecule has 9 nitrogen and oxygen atoms in total. The van der Waals surface area contributed by atoms with E-state index in [1.165, 1.54) is 6.08 Å². The number of aryl methyl sites for hydroxylation is 2. The Kier molecular flexibility index (Phi) is 9.65. The molecule has 1 heterocycles. The standard InChI is InChI=1S/C33H35N5O4/c1-6-30(39)37-25-14-11-24(12-15-25)13-17-31(40)35-19-32(41)38(5)28-16-10-21(2)26(23(28)4)20-42-29-9-7-8-27-33(29)36-22(3)18-34-27/h7-18H,6,19-20H2,1-5H3,(H,35,40)(H,37,39). The number of ether oxygens (including phenoxy) is 1. The van der Waals surface area contributed by atoms with Crippen molar-refractivity contribution in [1.82, 2.24) is 15.3 Å². The predicted octanol–water partition coefficient (Wildman–Crippen LogP) is 5.27. The zero-order valence-corrected chi connectivity index (χ0v) is 24.5. The Morgan fingerprint density at radius 3 is 2.50 bits per heavy atom. The Morgan fingerprint density at radius 2 is 1.76 bits per heavy atom. The van der Waals surface area contributed by atoms with Crippen LogP contribution in [-0.2, 0) is 21.0 Å². The van der Waals surface area contributed by atoms with Crippen LogP contribution in [0.4, 0.5) is 11.4 Å². The number of likely N-dealkylation sites (N-methyl/N-ethyl adjacent to an activating group) is 1. The number of nitrogens with zero attached hydrogens (tertiary/aromatic N) is 3. The maximum absolute atomic E-state index is 13.0. The van der Waals surface area contributed by atoms with Gasteiger partial charge in [-0.2, -0.15) is 0 Å². The van der Waals surface area contributed by atoms with E-state index < -0.39 is 0 Å². The second kappa shape index (κ2) is 13.5. The van der Waals surface area contributed by atoms with Crippen LogP contribution in [0.5, 0.6) is 5.75 Å². The third-order valence-corrected chi connectivity index (χ3v) is 6.92. The van der Waals surface area contributed by atoms with E-state index >= 15 is 0 Å². The van der Waals surface area contributed by atoms with Gasteiger partial charge >= 0.3 is 0 Å². The molecule has 0 spiro atoms. The first kappa shape index (κ1) is 29.9. The number of aromatic nitrogens is 2. The van der Waals surface area contributed by atoms with E-state index in [1.54, 1.807) is 55.4 Å². The first-order valence-electron chi connectivity index (χ1n) is 13.7. The average molecular weight is 566 g/mol. The van der Waals surface area contributed by atoms with Gasteiger partial charge < -0.3 is 20.3 Å². The first-order chi connectivity index (χ1) is 20.2. The van der Waals surface area contributed by atoms with Crippen LogP contribution in [-0.4, -0.2) is 41.3 Å². The molecule has 0 saturated carbocycles. The van der Waals surface area contributed by atoms with E-state index in [0.29, 0.717) is 30.0 Å². The van der Waals surface area contributed by atoms with E-state index in [0.717, 1.165) is 39.2 Å². The lowest BCUT2D eigenvalue weighted by atomic mass is 10.0. The van der Waals surface area contributed by atoms with E-state index in [2.05, 4.69) is 20.6 Å². The highest BCUT2D eigenvalue weighted by molar-refractivity contribution is 5.99. The van der Waals surface area contributed by atoms with Gasteiger partial charge in [-0.05, 0) is 79.4 Å². The summed E-state index contributed by atoms with van der Waals surface area (Å²) in [6.45, 7) is 7.78. The van der Waals surface area contributed by atoms with Crippen LogP contribution >= 0.6 is 0 Å². The van der Waals surface area contributed by atoms with Crippen molar-refractivity contribution >= 4 is 46.2 Å². The minimum Gasteiger partial charge on any atom is -0.487 e. The molecule has 0 unspecified atom stereocenters. The van der Waals surface area contributed by atoms with Gasteiger partial charge in [0.2, 0.25) is 17.7 Å². The zero-order chi connectivity index (χ0) is 30.2. The number of carbonyl (C=O) groups excluding carboxylic acids is 3. The summed E-state index contributed by atoms with van der Waals surface area (Å²) in [7, 11) is 1.69. The molecule has 0 radical (unpaired) electrons. The van der Waals surface area contributed by atoms with Crippen molar-refractivity contribution in [1.29, 1.82) is 0 Å². The van der Waals surface area contributed by atoms with Gasteiger partial charge in [0.15, 0.2) is 0 Å². The van der Waals surface area contributed by atoms with Crippen LogP contribution in [0, 0.1) is 20.8 Å². The monoisotopic (exact) mass is 565 g/mol. The fourth-order valence-electron chi connectivity index (χ4n) is 4.40. The molecule has 1 aromatic heterocycles. The highest BCUT2D eigenvalue weighted by atomic mass is 16.5. The van der Waals surface area contributed by atoms with Gasteiger partial charge in [-0.3, -0.25) is 19.4 Å². The maximum Gasteiger partial charge on any atom is 0.246 e. The van der Waals surface area contributed by atoms with E-state index in [-0.39, 0.29) is 24.3 Å². The molecule has 0 aliphatic rings. The molecule has 4 rings (SSSR count). The van der Waals surface area contributed by atoms with Crippen LogP contribution in [0.25, 0.3) is 17.1 Å².